The maximum absolute atomic E-state index is 6.48. The predicted octanol–water partition coefficient (Wildman–Crippen LogP) is 10.1. The Kier molecular flexibility index (Phi) is 5.15. The molecule has 8 rings (SSSR count). The van der Waals surface area contributed by atoms with Crippen molar-refractivity contribution in [2.24, 2.45) is 0 Å². The van der Waals surface area contributed by atoms with Crippen molar-refractivity contribution >= 4 is 0 Å². The third kappa shape index (κ3) is 3.36. The van der Waals surface area contributed by atoms with E-state index in [1.54, 1.807) is 0 Å². The lowest BCUT2D eigenvalue weighted by Crippen LogP contribution is -2.29. The Morgan fingerprint density at radius 2 is 0.902 bits per heavy atom. The maximum atomic E-state index is 6.48. The number of para-hydroxylation sites is 1. The molecule has 1 aliphatic carbocycles. The molecule has 0 aromatic heterocycles. The molecule has 0 bridgehead atoms. The van der Waals surface area contributed by atoms with Crippen molar-refractivity contribution in [3.8, 4) is 33.8 Å². The van der Waals surface area contributed by atoms with E-state index in [0.29, 0.717) is 0 Å². The van der Waals surface area contributed by atoms with Crippen LogP contribution in [-0.4, -0.2) is 0 Å². The van der Waals surface area contributed by atoms with Crippen LogP contribution in [0.15, 0.2) is 146 Å². The topological polar surface area (TPSA) is 9.23 Å². The first kappa shape index (κ1) is 24.0. The number of benzene rings is 6. The molecule has 1 heterocycles. The van der Waals surface area contributed by atoms with Gasteiger partial charge in [0.15, 0.2) is 0 Å². The van der Waals surface area contributed by atoms with Crippen LogP contribution < -0.4 is 4.74 Å². The zero-order chi connectivity index (χ0) is 27.6. The fourth-order valence-corrected chi connectivity index (χ4v) is 7.27. The van der Waals surface area contributed by atoms with Gasteiger partial charge in [0, 0.05) is 22.0 Å². The summed E-state index contributed by atoms with van der Waals surface area (Å²) in [6.07, 6.45) is 0. The monoisotopic (exact) mass is 526 g/mol. The third-order valence-electron chi connectivity index (χ3n) is 9.51. The van der Waals surface area contributed by atoms with E-state index in [-0.39, 0.29) is 10.8 Å². The van der Waals surface area contributed by atoms with E-state index in [9.17, 15) is 0 Å². The molecule has 0 N–H and O–H groups in total. The molecule has 0 amide bonds. The zero-order valence-corrected chi connectivity index (χ0v) is 23.3. The van der Waals surface area contributed by atoms with Crippen LogP contribution in [0.4, 0.5) is 0 Å². The molecule has 6 aromatic rings. The molecule has 1 heteroatoms. The summed E-state index contributed by atoms with van der Waals surface area (Å²) in [6.45, 7) is 4.70. The minimum atomic E-state index is -0.337. The van der Waals surface area contributed by atoms with Crippen LogP contribution in [0.5, 0.6) is 11.5 Å². The van der Waals surface area contributed by atoms with Gasteiger partial charge in [-0.05, 0) is 82.6 Å². The second-order valence-corrected chi connectivity index (χ2v) is 11.6. The van der Waals surface area contributed by atoms with E-state index in [1.165, 1.54) is 55.6 Å². The molecule has 2 unspecified atom stereocenters. The lowest BCUT2D eigenvalue weighted by Gasteiger charge is -2.38. The molecule has 0 radical (unpaired) electrons. The number of hydrogen-bond acceptors (Lipinski definition) is 1. The molecule has 1 aliphatic heterocycles. The normalized spacial score (nSPS) is 19.9. The summed E-state index contributed by atoms with van der Waals surface area (Å²) in [5.41, 5.74) is 12.2. The van der Waals surface area contributed by atoms with E-state index in [2.05, 4.69) is 159 Å². The van der Waals surface area contributed by atoms with Gasteiger partial charge in [-0.25, -0.2) is 0 Å². The smallest absolute Gasteiger partial charge is 0.131 e. The lowest BCUT2D eigenvalue weighted by molar-refractivity contribution is 0.427. The molecule has 6 aromatic carbocycles. The summed E-state index contributed by atoms with van der Waals surface area (Å²) in [4.78, 5) is 0. The first-order valence-corrected chi connectivity index (χ1v) is 14.4. The van der Waals surface area contributed by atoms with Gasteiger partial charge in [0.1, 0.15) is 11.5 Å². The largest absolute Gasteiger partial charge is 0.457 e. The van der Waals surface area contributed by atoms with Crippen molar-refractivity contribution in [2.45, 2.75) is 24.7 Å². The molecule has 0 spiro atoms. The van der Waals surface area contributed by atoms with Gasteiger partial charge in [-0.2, -0.15) is 0 Å². The second kappa shape index (κ2) is 8.81. The lowest BCUT2D eigenvalue weighted by atomic mass is 9.69. The maximum Gasteiger partial charge on any atom is 0.131 e. The van der Waals surface area contributed by atoms with Gasteiger partial charge in [-0.3, -0.25) is 0 Å². The van der Waals surface area contributed by atoms with Crippen LogP contribution in [0.1, 0.15) is 47.2 Å². The fourth-order valence-electron chi connectivity index (χ4n) is 7.27. The number of hydrogen-bond donors (Lipinski definition) is 0. The Morgan fingerprint density at radius 3 is 1.63 bits per heavy atom. The van der Waals surface area contributed by atoms with Crippen LogP contribution in [0.25, 0.3) is 22.3 Å². The summed E-state index contributed by atoms with van der Waals surface area (Å²) >= 11 is 0. The fraction of sp³-hybridized carbons (Fsp3) is 0.100. The highest BCUT2D eigenvalue weighted by Crippen LogP contribution is 2.54. The highest BCUT2D eigenvalue weighted by molar-refractivity contribution is 5.86. The molecule has 0 saturated carbocycles. The van der Waals surface area contributed by atoms with E-state index >= 15 is 0 Å². The van der Waals surface area contributed by atoms with E-state index in [1.807, 2.05) is 0 Å². The van der Waals surface area contributed by atoms with Gasteiger partial charge in [-0.1, -0.05) is 121 Å². The van der Waals surface area contributed by atoms with E-state index < -0.39 is 0 Å². The predicted molar refractivity (Wildman–Crippen MR) is 168 cm³/mol. The standard InChI is InChI=1S/C40H30O/c1-39(29-13-5-3-6-14-29)33-18-10-9-17-31(33)32-25-27(21-23-34(32)39)28-22-24-38-36(26-28)40(2,30-15-7-4-8-16-30)35-19-11-12-20-37(35)41-38/h3-26H,1-2H3. The van der Waals surface area contributed by atoms with Crippen LogP contribution in [0.2, 0.25) is 0 Å². The van der Waals surface area contributed by atoms with E-state index in [0.717, 1.165) is 11.5 Å². The van der Waals surface area contributed by atoms with Crippen molar-refractivity contribution in [1.29, 1.82) is 0 Å². The number of ether oxygens (including phenoxy) is 1. The van der Waals surface area contributed by atoms with Crippen molar-refractivity contribution < 1.29 is 4.74 Å². The summed E-state index contributed by atoms with van der Waals surface area (Å²) in [7, 11) is 0. The minimum absolute atomic E-state index is 0.189. The highest BCUT2D eigenvalue weighted by Gasteiger charge is 2.42. The Balaban J connectivity index is 1.31. The van der Waals surface area contributed by atoms with Crippen molar-refractivity contribution in [3.63, 3.8) is 0 Å². The molecule has 0 fully saturated rings. The third-order valence-corrected chi connectivity index (χ3v) is 9.51. The summed E-state index contributed by atoms with van der Waals surface area (Å²) < 4.78 is 6.48. The van der Waals surface area contributed by atoms with Crippen LogP contribution >= 0.6 is 0 Å². The molecular formula is C40H30O. The summed E-state index contributed by atoms with van der Waals surface area (Å²) in [5.74, 6) is 1.84. The van der Waals surface area contributed by atoms with Crippen LogP contribution in [0, 0.1) is 0 Å². The van der Waals surface area contributed by atoms with Gasteiger partial charge in [0.05, 0.1) is 0 Å². The molecule has 2 atom stereocenters. The molecular weight excluding hydrogens is 496 g/mol. The first-order valence-electron chi connectivity index (χ1n) is 14.4. The van der Waals surface area contributed by atoms with Crippen molar-refractivity contribution in [1.82, 2.24) is 0 Å². The molecule has 1 nitrogen and oxygen atoms in total. The zero-order valence-electron chi connectivity index (χ0n) is 23.3. The second-order valence-electron chi connectivity index (χ2n) is 11.6. The number of rotatable bonds is 3. The quantitative estimate of drug-likeness (QED) is 0.223. The van der Waals surface area contributed by atoms with Gasteiger partial charge in [0.25, 0.3) is 0 Å². The Bertz CT molecular complexity index is 1940. The Morgan fingerprint density at radius 1 is 0.390 bits per heavy atom. The first-order chi connectivity index (χ1) is 20.1. The van der Waals surface area contributed by atoms with Crippen LogP contribution in [-0.2, 0) is 10.8 Å². The summed E-state index contributed by atoms with van der Waals surface area (Å²) in [6, 6.07) is 52.8. The van der Waals surface area contributed by atoms with Gasteiger partial charge >= 0.3 is 0 Å². The Hall–Kier alpha value is -4.88. The average Bonchev–Trinajstić information content (AvgIpc) is 3.30. The van der Waals surface area contributed by atoms with E-state index in [4.69, 9.17) is 4.74 Å². The molecule has 0 saturated heterocycles. The minimum Gasteiger partial charge on any atom is -0.457 e. The van der Waals surface area contributed by atoms with Crippen molar-refractivity contribution in [3.05, 3.63) is 179 Å². The van der Waals surface area contributed by atoms with Gasteiger partial charge in [-0.15, -0.1) is 0 Å². The highest BCUT2D eigenvalue weighted by atomic mass is 16.5. The summed E-state index contributed by atoms with van der Waals surface area (Å²) in [5, 5.41) is 0. The Labute approximate surface area is 241 Å². The van der Waals surface area contributed by atoms with Gasteiger partial charge < -0.3 is 4.74 Å². The van der Waals surface area contributed by atoms with Gasteiger partial charge in [0.2, 0.25) is 0 Å². The number of fused-ring (bicyclic) bond motifs is 5. The SMILES string of the molecule is CC1(c2ccccc2)c2ccccc2Oc2ccc(-c3ccc4c(c3)-c3ccccc3C4(C)c3ccccc3)cc21. The molecule has 196 valence electrons. The average molecular weight is 527 g/mol. The van der Waals surface area contributed by atoms with Crippen molar-refractivity contribution in [2.75, 3.05) is 0 Å². The van der Waals surface area contributed by atoms with Crippen LogP contribution in [0.3, 0.4) is 0 Å². The molecule has 2 aliphatic rings. The molecule has 41 heavy (non-hydrogen) atoms.